The number of nitrogens with zero attached hydrogens (tertiary/aromatic N) is 3. The number of pyridine rings is 1. The van der Waals surface area contributed by atoms with Crippen molar-refractivity contribution in [1.82, 2.24) is 14.8 Å². The molecule has 0 aliphatic rings. The molecule has 14 heteroatoms. The molecule has 0 radical (unpaired) electrons. The number of aromatic nitrogens is 3. The molecule has 0 atom stereocenters. The highest BCUT2D eigenvalue weighted by molar-refractivity contribution is 7.21. The molecule has 3 aromatic heterocycles. The minimum atomic E-state index is -3.19. The van der Waals surface area contributed by atoms with Crippen molar-refractivity contribution in [3.05, 3.63) is 64.4 Å². The SMILES string of the molecule is NC(=O)c1sc2nc(C(F)F)cc(-c3ccccc3)c2c1NC(=O)Cn1nc(C(F)F)cc1C(F)F. The number of fused-ring (bicyclic) bond motifs is 1. The van der Waals surface area contributed by atoms with Gasteiger partial charge < -0.3 is 11.1 Å². The fourth-order valence-electron chi connectivity index (χ4n) is 3.54. The van der Waals surface area contributed by atoms with Gasteiger partial charge in [0, 0.05) is 5.39 Å². The molecule has 0 spiro atoms. The van der Waals surface area contributed by atoms with Crippen molar-refractivity contribution in [2.45, 2.75) is 25.8 Å². The number of hydrogen-bond acceptors (Lipinski definition) is 5. The van der Waals surface area contributed by atoms with Crippen LogP contribution in [-0.4, -0.2) is 26.6 Å². The molecule has 0 aliphatic carbocycles. The number of carbonyl (C=O) groups excluding carboxylic acids is 2. The molecule has 1 aromatic carbocycles. The minimum absolute atomic E-state index is 0.0249. The van der Waals surface area contributed by atoms with E-state index in [0.717, 1.165) is 6.07 Å². The molecule has 4 aromatic rings. The number of thiophene rings is 1. The average molecular weight is 527 g/mol. The van der Waals surface area contributed by atoms with E-state index in [9.17, 15) is 35.9 Å². The molecule has 3 N–H and O–H groups in total. The van der Waals surface area contributed by atoms with Crippen LogP contribution in [-0.2, 0) is 11.3 Å². The number of nitrogens with two attached hydrogens (primary N) is 1. The number of amides is 2. The van der Waals surface area contributed by atoms with Gasteiger partial charge in [0.1, 0.15) is 33.3 Å². The van der Waals surface area contributed by atoms with E-state index in [4.69, 9.17) is 5.73 Å². The lowest BCUT2D eigenvalue weighted by Crippen LogP contribution is -2.22. The second-order valence-electron chi connectivity index (χ2n) is 7.41. The summed E-state index contributed by atoms with van der Waals surface area (Å²) in [5, 5.41) is 5.86. The van der Waals surface area contributed by atoms with Gasteiger partial charge in [-0.2, -0.15) is 5.10 Å². The van der Waals surface area contributed by atoms with Gasteiger partial charge in [0.05, 0.1) is 5.69 Å². The zero-order valence-corrected chi connectivity index (χ0v) is 18.7. The summed E-state index contributed by atoms with van der Waals surface area (Å²) in [4.78, 5) is 28.5. The third-order valence-electron chi connectivity index (χ3n) is 5.05. The van der Waals surface area contributed by atoms with E-state index in [2.05, 4.69) is 15.4 Å². The molecule has 0 bridgehead atoms. The summed E-state index contributed by atoms with van der Waals surface area (Å²) in [6.07, 6.45) is -9.27. The van der Waals surface area contributed by atoms with E-state index in [1.54, 1.807) is 30.3 Å². The Labute approximate surface area is 202 Å². The zero-order valence-electron chi connectivity index (χ0n) is 17.9. The van der Waals surface area contributed by atoms with Crippen LogP contribution in [0.4, 0.5) is 32.0 Å². The highest BCUT2D eigenvalue weighted by atomic mass is 32.1. The number of nitrogens with one attached hydrogen (secondary N) is 1. The summed E-state index contributed by atoms with van der Waals surface area (Å²) in [5.74, 6) is -2.00. The van der Waals surface area contributed by atoms with Crippen molar-refractivity contribution in [3.8, 4) is 11.1 Å². The van der Waals surface area contributed by atoms with Crippen molar-refractivity contribution in [3.63, 3.8) is 0 Å². The molecule has 36 heavy (non-hydrogen) atoms. The van der Waals surface area contributed by atoms with Crippen LogP contribution in [0.3, 0.4) is 0 Å². The lowest BCUT2D eigenvalue weighted by molar-refractivity contribution is -0.117. The fourth-order valence-corrected chi connectivity index (χ4v) is 4.56. The van der Waals surface area contributed by atoms with Crippen LogP contribution in [0.1, 0.15) is 46.0 Å². The summed E-state index contributed by atoms with van der Waals surface area (Å²) in [6, 6.07) is 9.80. The van der Waals surface area contributed by atoms with Crippen molar-refractivity contribution in [2.75, 3.05) is 5.32 Å². The van der Waals surface area contributed by atoms with Gasteiger partial charge in [-0.05, 0) is 23.3 Å². The molecule has 0 saturated heterocycles. The third kappa shape index (κ3) is 4.89. The number of halogens is 6. The number of benzene rings is 1. The van der Waals surface area contributed by atoms with Crippen molar-refractivity contribution < 1.29 is 35.9 Å². The summed E-state index contributed by atoms with van der Waals surface area (Å²) >= 11 is 0.661. The van der Waals surface area contributed by atoms with Crippen molar-refractivity contribution in [1.29, 1.82) is 0 Å². The van der Waals surface area contributed by atoms with Crippen molar-refractivity contribution in [2.24, 2.45) is 5.73 Å². The zero-order chi connectivity index (χ0) is 26.1. The maximum Gasteiger partial charge on any atom is 0.282 e. The highest BCUT2D eigenvalue weighted by Crippen LogP contribution is 2.42. The number of primary amides is 1. The Morgan fingerprint density at radius 2 is 1.64 bits per heavy atom. The minimum Gasteiger partial charge on any atom is -0.365 e. The molecule has 188 valence electrons. The van der Waals surface area contributed by atoms with E-state index >= 15 is 0 Å². The Morgan fingerprint density at radius 1 is 0.972 bits per heavy atom. The van der Waals surface area contributed by atoms with Crippen LogP contribution in [0.25, 0.3) is 21.3 Å². The van der Waals surface area contributed by atoms with E-state index in [0.29, 0.717) is 27.6 Å². The Kier molecular flexibility index (Phi) is 6.97. The molecule has 2 amide bonds. The van der Waals surface area contributed by atoms with Crippen molar-refractivity contribution >= 4 is 39.1 Å². The Bertz CT molecular complexity index is 1440. The molecular weight excluding hydrogens is 512 g/mol. The predicted molar refractivity (Wildman–Crippen MR) is 119 cm³/mol. The first-order chi connectivity index (χ1) is 17.1. The van der Waals surface area contributed by atoms with Gasteiger partial charge in [0.15, 0.2) is 0 Å². The van der Waals surface area contributed by atoms with E-state index in [1.165, 1.54) is 0 Å². The smallest absolute Gasteiger partial charge is 0.282 e. The summed E-state index contributed by atoms with van der Waals surface area (Å²) in [7, 11) is 0. The van der Waals surface area contributed by atoms with E-state index in [1.807, 2.05) is 0 Å². The average Bonchev–Trinajstić information content (AvgIpc) is 3.41. The maximum absolute atomic E-state index is 13.5. The summed E-state index contributed by atoms with van der Waals surface area (Å²) in [6.45, 7) is -0.898. The summed E-state index contributed by atoms with van der Waals surface area (Å²) < 4.78 is 79.9. The monoisotopic (exact) mass is 527 g/mol. The molecule has 7 nitrogen and oxygen atoms in total. The number of hydrogen-bond donors (Lipinski definition) is 2. The highest BCUT2D eigenvalue weighted by Gasteiger charge is 2.26. The molecule has 0 saturated carbocycles. The molecule has 4 rings (SSSR count). The number of alkyl halides is 6. The lowest BCUT2D eigenvalue weighted by Gasteiger charge is -2.12. The molecule has 0 aliphatic heterocycles. The second-order valence-corrected chi connectivity index (χ2v) is 8.41. The quantitative estimate of drug-likeness (QED) is 0.287. The first-order valence-corrected chi connectivity index (χ1v) is 10.9. The Balaban J connectivity index is 1.82. The standard InChI is InChI=1S/C22H15F6N5O2S/c23-18(24)11-6-10(9-4-2-1-3-5-9)15-16(17(21(29)35)36-22(15)30-11)31-14(34)8-33-13(20(27)28)7-12(32-33)19(25)26/h1-7,18-20H,8H2,(H2,29,35)(H,31,34). The van der Waals surface area contributed by atoms with Gasteiger partial charge in [-0.15, -0.1) is 11.3 Å². The molecule has 3 heterocycles. The van der Waals surface area contributed by atoms with Gasteiger partial charge in [-0.25, -0.2) is 31.3 Å². The Hall–Kier alpha value is -3.94. The van der Waals surface area contributed by atoms with Crippen LogP contribution < -0.4 is 11.1 Å². The lowest BCUT2D eigenvalue weighted by atomic mass is 10.0. The van der Waals surface area contributed by atoms with Gasteiger partial charge in [-0.1, -0.05) is 30.3 Å². The predicted octanol–water partition coefficient (Wildman–Crippen LogP) is 5.71. The van der Waals surface area contributed by atoms with Crippen LogP contribution in [0.2, 0.25) is 0 Å². The molecule has 0 fully saturated rings. The van der Waals surface area contributed by atoms with Gasteiger partial charge in [0.25, 0.3) is 25.2 Å². The number of anilines is 1. The Morgan fingerprint density at radius 3 is 2.22 bits per heavy atom. The largest absolute Gasteiger partial charge is 0.365 e. The van der Waals surface area contributed by atoms with E-state index < -0.39 is 54.7 Å². The van der Waals surface area contributed by atoms with Gasteiger partial charge >= 0.3 is 0 Å². The van der Waals surface area contributed by atoms with Crippen LogP contribution in [0.5, 0.6) is 0 Å². The topological polar surface area (TPSA) is 103 Å². The summed E-state index contributed by atoms with van der Waals surface area (Å²) in [5.41, 5.74) is 3.53. The van der Waals surface area contributed by atoms with Crippen LogP contribution in [0.15, 0.2) is 42.5 Å². The first kappa shape index (κ1) is 25.2. The second kappa shape index (κ2) is 9.97. The number of rotatable bonds is 8. The van der Waals surface area contributed by atoms with Crippen LogP contribution in [0, 0.1) is 0 Å². The van der Waals surface area contributed by atoms with Gasteiger partial charge in [0.2, 0.25) is 5.91 Å². The van der Waals surface area contributed by atoms with E-state index in [-0.39, 0.29) is 26.3 Å². The third-order valence-corrected chi connectivity index (χ3v) is 6.15. The maximum atomic E-state index is 13.5. The first-order valence-electron chi connectivity index (χ1n) is 10.1. The molecular formula is C22H15F6N5O2S. The normalized spacial score (nSPS) is 11.7. The van der Waals surface area contributed by atoms with Crippen LogP contribution >= 0.6 is 11.3 Å². The fraction of sp³-hybridized carbons (Fsp3) is 0.182. The molecule has 0 unspecified atom stereocenters. The number of carbonyl (C=O) groups is 2. The van der Waals surface area contributed by atoms with Gasteiger partial charge in [-0.3, -0.25) is 14.3 Å².